The fourth-order valence-corrected chi connectivity index (χ4v) is 14.0. The van der Waals surface area contributed by atoms with Crippen LogP contribution in [0.25, 0.3) is 0 Å². The van der Waals surface area contributed by atoms with Crippen LogP contribution in [-0.2, 0) is 65.4 Å². The Morgan fingerprint density at radius 3 is 0.760 bits per heavy atom. The third-order valence-electron chi connectivity index (χ3n) is 19.6. The molecule has 0 bridgehead atoms. The van der Waals surface area contributed by atoms with Crippen LogP contribution in [0.4, 0.5) is 0 Å². The Bertz CT molecular complexity index is 1940. The number of aliphatic hydroxyl groups excluding tert-OH is 1. The Hall–Kier alpha value is -1.94. The van der Waals surface area contributed by atoms with Crippen molar-refractivity contribution < 1.29 is 80.2 Å². The van der Waals surface area contributed by atoms with Crippen molar-refractivity contribution in [3.63, 3.8) is 0 Å². The highest BCUT2D eigenvalue weighted by molar-refractivity contribution is 7.47. The van der Waals surface area contributed by atoms with E-state index < -0.39 is 97.5 Å². The van der Waals surface area contributed by atoms with Crippen LogP contribution in [0.5, 0.6) is 0 Å². The highest BCUT2D eigenvalue weighted by Gasteiger charge is 2.30. The van der Waals surface area contributed by atoms with Gasteiger partial charge < -0.3 is 33.8 Å². The second kappa shape index (κ2) is 71.3. The van der Waals surface area contributed by atoms with Gasteiger partial charge >= 0.3 is 39.5 Å². The largest absolute Gasteiger partial charge is 0.472 e. The number of phosphoric acid groups is 2. The van der Waals surface area contributed by atoms with E-state index in [1.54, 1.807) is 0 Å². The van der Waals surface area contributed by atoms with E-state index in [0.29, 0.717) is 25.7 Å². The maximum Gasteiger partial charge on any atom is 0.472 e. The molecule has 0 saturated heterocycles. The first kappa shape index (κ1) is 98.1. The maximum absolute atomic E-state index is 13.1. The lowest BCUT2D eigenvalue weighted by atomic mass is 9.99. The number of esters is 4. The smallest absolute Gasteiger partial charge is 0.462 e. The van der Waals surface area contributed by atoms with Crippen molar-refractivity contribution in [2.75, 3.05) is 39.6 Å². The van der Waals surface area contributed by atoms with Crippen LogP contribution >= 0.6 is 15.6 Å². The Balaban J connectivity index is 5.22. The molecule has 0 rings (SSSR count). The summed E-state index contributed by atoms with van der Waals surface area (Å²) in [5, 5.41) is 10.6. The molecule has 0 heterocycles. The van der Waals surface area contributed by atoms with Gasteiger partial charge in [-0.15, -0.1) is 0 Å². The Kier molecular flexibility index (Phi) is 69.9. The van der Waals surface area contributed by atoms with Crippen LogP contribution in [0.3, 0.4) is 0 Å². The van der Waals surface area contributed by atoms with Crippen molar-refractivity contribution in [3.8, 4) is 0 Å². The van der Waals surface area contributed by atoms with E-state index in [2.05, 4.69) is 48.5 Å². The quantitative estimate of drug-likeness (QED) is 0.0222. The molecule has 17 nitrogen and oxygen atoms in total. The first-order valence-electron chi connectivity index (χ1n) is 41.9. The number of ether oxygens (including phenoxy) is 4. The van der Waals surface area contributed by atoms with Crippen molar-refractivity contribution in [3.05, 3.63) is 0 Å². The zero-order valence-corrected chi connectivity index (χ0v) is 67.5. The zero-order chi connectivity index (χ0) is 73.7. The predicted molar refractivity (Wildman–Crippen MR) is 409 cm³/mol. The van der Waals surface area contributed by atoms with Crippen molar-refractivity contribution >= 4 is 39.5 Å². The van der Waals surface area contributed by atoms with Crippen LogP contribution in [0, 0.1) is 17.8 Å². The topological polar surface area (TPSA) is 237 Å². The van der Waals surface area contributed by atoms with Crippen LogP contribution in [0.1, 0.15) is 421 Å². The average Bonchev–Trinajstić information content (AvgIpc) is 1.06. The zero-order valence-electron chi connectivity index (χ0n) is 65.7. The fraction of sp³-hybridized carbons (Fsp3) is 0.951. The van der Waals surface area contributed by atoms with Crippen molar-refractivity contribution in [1.82, 2.24) is 0 Å². The maximum atomic E-state index is 13.1. The lowest BCUT2D eigenvalue weighted by molar-refractivity contribution is -0.161. The first-order valence-corrected chi connectivity index (χ1v) is 44.9. The SMILES string of the molecule is CCCCCCCCCCCCCCCCCCCCCCCC(=O)O[C@H](COC(=O)CCCCCCCCCCCCCCCCC(C)C)COP(=O)(O)OC[C@@H](O)COP(=O)(O)OC[C@@H](COC(=O)CCCCCCCCC(C)CC)OC(=O)CCCCCCCCCCC(C)CC. The number of rotatable bonds is 79. The van der Waals surface area contributed by atoms with Crippen molar-refractivity contribution in [2.45, 2.75) is 439 Å². The van der Waals surface area contributed by atoms with Gasteiger partial charge in [0.05, 0.1) is 26.4 Å². The van der Waals surface area contributed by atoms with Crippen LogP contribution < -0.4 is 0 Å². The molecule has 7 atom stereocenters. The predicted octanol–water partition coefficient (Wildman–Crippen LogP) is 24.1. The highest BCUT2D eigenvalue weighted by Crippen LogP contribution is 2.45. The van der Waals surface area contributed by atoms with Gasteiger partial charge in [-0.2, -0.15) is 0 Å². The van der Waals surface area contributed by atoms with Crippen molar-refractivity contribution in [1.29, 1.82) is 0 Å². The number of hydrogen-bond donors (Lipinski definition) is 3. The van der Waals surface area contributed by atoms with Gasteiger partial charge in [0.1, 0.15) is 19.3 Å². The molecule has 100 heavy (non-hydrogen) atoms. The molecular weight excluding hydrogens is 1310 g/mol. The standard InChI is InChI=1S/C81H158O17P2/c1-8-11-12-13-14-15-16-17-18-19-20-21-22-23-24-29-32-35-41-50-57-64-80(85)97-76(68-91-78(83)62-55-48-40-34-31-28-26-25-27-30-33-38-45-52-59-72(4)5)70-95-99(87,88)93-66-75(82)67-94-100(89,90)96-71-77(69-92-79(84)63-56-49-44-43-47-54-61-74(7)10-3)98-81(86)65-58-51-42-37-36-39-46-53-60-73(6)9-2/h72-77,82H,8-71H2,1-7H3,(H,87,88)(H,89,90)/t73?,74?,75-,76-,77-/m1/s1. The minimum Gasteiger partial charge on any atom is -0.462 e. The van der Waals surface area contributed by atoms with Crippen LogP contribution in [0.2, 0.25) is 0 Å². The van der Waals surface area contributed by atoms with E-state index in [0.717, 1.165) is 114 Å². The minimum absolute atomic E-state index is 0.104. The summed E-state index contributed by atoms with van der Waals surface area (Å²) in [5.74, 6) is 0.184. The first-order chi connectivity index (χ1) is 48.3. The molecule has 594 valence electrons. The average molecular weight is 1470 g/mol. The summed E-state index contributed by atoms with van der Waals surface area (Å²) in [4.78, 5) is 73.0. The van der Waals surface area contributed by atoms with E-state index in [1.165, 1.54) is 225 Å². The molecule has 19 heteroatoms. The summed E-state index contributed by atoms with van der Waals surface area (Å²) >= 11 is 0. The number of phosphoric ester groups is 2. The molecule has 3 N–H and O–H groups in total. The number of carbonyl (C=O) groups is 4. The lowest BCUT2D eigenvalue weighted by Crippen LogP contribution is -2.30. The molecular formula is C81H158O17P2. The van der Waals surface area contributed by atoms with E-state index in [9.17, 15) is 43.2 Å². The van der Waals surface area contributed by atoms with Crippen LogP contribution in [0.15, 0.2) is 0 Å². The summed E-state index contributed by atoms with van der Waals surface area (Å²) < 4.78 is 68.7. The molecule has 0 fully saturated rings. The molecule has 4 unspecified atom stereocenters. The van der Waals surface area contributed by atoms with E-state index in [-0.39, 0.29) is 25.7 Å². The Morgan fingerprint density at radius 2 is 0.510 bits per heavy atom. The minimum atomic E-state index is -4.96. The number of aliphatic hydroxyl groups is 1. The van der Waals surface area contributed by atoms with Gasteiger partial charge in [-0.25, -0.2) is 9.13 Å². The summed E-state index contributed by atoms with van der Waals surface area (Å²) in [5.41, 5.74) is 0. The summed E-state index contributed by atoms with van der Waals surface area (Å²) in [6.07, 6.45) is 59.8. The monoisotopic (exact) mass is 1470 g/mol. The molecule has 0 aliphatic rings. The number of carbonyl (C=O) groups excluding carboxylic acids is 4. The number of unbranched alkanes of at least 4 members (excludes halogenated alkanes) is 45. The summed E-state index contributed by atoms with van der Waals surface area (Å²) in [6.45, 7) is 11.9. The lowest BCUT2D eigenvalue weighted by Gasteiger charge is -2.21. The molecule has 0 saturated carbocycles. The second-order valence-electron chi connectivity index (χ2n) is 30.1. The van der Waals surface area contributed by atoms with Crippen LogP contribution in [-0.4, -0.2) is 96.7 Å². The second-order valence-corrected chi connectivity index (χ2v) is 33.0. The third-order valence-corrected chi connectivity index (χ3v) is 21.5. The number of hydrogen-bond acceptors (Lipinski definition) is 15. The molecule has 0 radical (unpaired) electrons. The van der Waals surface area contributed by atoms with Gasteiger partial charge in [-0.05, 0) is 43.4 Å². The Morgan fingerprint density at radius 1 is 0.290 bits per heavy atom. The molecule has 0 spiro atoms. The molecule has 0 aromatic carbocycles. The van der Waals surface area contributed by atoms with Gasteiger partial charge in [-0.3, -0.25) is 37.3 Å². The van der Waals surface area contributed by atoms with E-state index in [4.69, 9.17) is 37.0 Å². The Labute approximate surface area is 613 Å². The van der Waals surface area contributed by atoms with Gasteiger partial charge in [0, 0.05) is 25.7 Å². The molecule has 0 aliphatic carbocycles. The summed E-state index contributed by atoms with van der Waals surface area (Å²) in [6, 6.07) is 0. The van der Waals surface area contributed by atoms with Gasteiger partial charge in [0.25, 0.3) is 0 Å². The molecule has 0 aromatic rings. The highest BCUT2D eigenvalue weighted by atomic mass is 31.2. The molecule has 0 aliphatic heterocycles. The van der Waals surface area contributed by atoms with Gasteiger partial charge in [-0.1, -0.05) is 370 Å². The normalized spacial score (nSPS) is 14.5. The van der Waals surface area contributed by atoms with E-state index in [1.807, 2.05) is 0 Å². The van der Waals surface area contributed by atoms with E-state index >= 15 is 0 Å². The molecule has 0 amide bonds. The fourth-order valence-electron chi connectivity index (χ4n) is 12.4. The molecule has 0 aromatic heterocycles. The summed E-state index contributed by atoms with van der Waals surface area (Å²) in [7, 11) is -9.92. The third kappa shape index (κ3) is 71.7. The van der Waals surface area contributed by atoms with Gasteiger partial charge in [0.2, 0.25) is 0 Å². The van der Waals surface area contributed by atoms with Gasteiger partial charge in [0.15, 0.2) is 12.2 Å². The van der Waals surface area contributed by atoms with Crippen molar-refractivity contribution in [2.24, 2.45) is 17.8 Å².